The number of methoxy groups -OCH3 is 2. The minimum absolute atomic E-state index is 0.176. The average Bonchev–Trinajstić information content (AvgIpc) is 3.05. The fraction of sp³-hybridized carbons (Fsp3) is 0.235. The molecule has 1 amide bonds. The highest BCUT2D eigenvalue weighted by atomic mass is 16.5. The molecule has 2 heterocycles. The zero-order valence-corrected chi connectivity index (χ0v) is 13.4. The second kappa shape index (κ2) is 7.10. The Morgan fingerprint density at radius 1 is 1.25 bits per heavy atom. The third-order valence-corrected chi connectivity index (χ3v) is 3.43. The van der Waals surface area contributed by atoms with Gasteiger partial charge in [0.1, 0.15) is 5.52 Å². The van der Waals surface area contributed by atoms with E-state index >= 15 is 0 Å². The first-order chi connectivity index (χ1) is 11.7. The van der Waals surface area contributed by atoms with Crippen LogP contribution in [-0.4, -0.2) is 43.2 Å². The van der Waals surface area contributed by atoms with Gasteiger partial charge in [-0.1, -0.05) is 0 Å². The zero-order chi connectivity index (χ0) is 16.9. The molecule has 3 rings (SSSR count). The predicted molar refractivity (Wildman–Crippen MR) is 88.0 cm³/mol. The molecule has 1 N–H and O–H groups in total. The number of carbonyl (C=O) groups is 1. The third kappa shape index (κ3) is 3.36. The number of fused-ring (bicyclic) bond motifs is 1. The molecule has 0 saturated heterocycles. The lowest BCUT2D eigenvalue weighted by atomic mass is 10.2. The summed E-state index contributed by atoms with van der Waals surface area (Å²) in [6, 6.07) is 8.68. The van der Waals surface area contributed by atoms with E-state index in [0.29, 0.717) is 41.6 Å². The second-order valence-electron chi connectivity index (χ2n) is 5.04. The first-order valence-electron chi connectivity index (χ1n) is 7.39. The van der Waals surface area contributed by atoms with E-state index in [1.165, 1.54) is 0 Å². The molecule has 0 bridgehead atoms. The van der Waals surface area contributed by atoms with Crippen molar-refractivity contribution in [2.45, 2.75) is 0 Å². The fourth-order valence-corrected chi connectivity index (χ4v) is 2.19. The Kier molecular flexibility index (Phi) is 4.72. The van der Waals surface area contributed by atoms with E-state index in [4.69, 9.17) is 13.9 Å². The number of rotatable bonds is 6. The van der Waals surface area contributed by atoms with Gasteiger partial charge in [0.2, 0.25) is 11.8 Å². The number of amides is 1. The summed E-state index contributed by atoms with van der Waals surface area (Å²) in [5.74, 6) is 0.784. The standard InChI is InChI=1S/C17H17N3O4/c1-22-8-7-18-16(21)11-3-5-14-13(9-11)20-17(24-14)12-4-6-15(23-2)19-10-12/h3-6,9-10H,7-8H2,1-2H3,(H,18,21). The van der Waals surface area contributed by atoms with Crippen LogP contribution in [0.3, 0.4) is 0 Å². The summed E-state index contributed by atoms with van der Waals surface area (Å²) >= 11 is 0. The van der Waals surface area contributed by atoms with Gasteiger partial charge in [-0.2, -0.15) is 0 Å². The number of nitrogens with one attached hydrogen (secondary N) is 1. The molecule has 0 aliphatic rings. The van der Waals surface area contributed by atoms with E-state index in [-0.39, 0.29) is 5.91 Å². The lowest BCUT2D eigenvalue weighted by molar-refractivity contribution is 0.0937. The smallest absolute Gasteiger partial charge is 0.251 e. The Hall–Kier alpha value is -2.93. The van der Waals surface area contributed by atoms with E-state index in [0.717, 1.165) is 5.56 Å². The predicted octanol–water partition coefficient (Wildman–Crippen LogP) is 2.27. The first kappa shape index (κ1) is 15.9. The van der Waals surface area contributed by atoms with Crippen LogP contribution in [0.2, 0.25) is 0 Å². The highest BCUT2D eigenvalue weighted by Gasteiger charge is 2.12. The number of ether oxygens (including phenoxy) is 2. The van der Waals surface area contributed by atoms with Crippen LogP contribution in [0.25, 0.3) is 22.6 Å². The van der Waals surface area contributed by atoms with Crippen LogP contribution < -0.4 is 10.1 Å². The van der Waals surface area contributed by atoms with Crippen molar-refractivity contribution in [3.63, 3.8) is 0 Å². The highest BCUT2D eigenvalue weighted by Crippen LogP contribution is 2.25. The van der Waals surface area contributed by atoms with Gasteiger partial charge in [-0.25, -0.2) is 9.97 Å². The lowest BCUT2D eigenvalue weighted by Gasteiger charge is -2.03. The lowest BCUT2D eigenvalue weighted by Crippen LogP contribution is -2.26. The van der Waals surface area contributed by atoms with Crippen molar-refractivity contribution >= 4 is 17.0 Å². The second-order valence-corrected chi connectivity index (χ2v) is 5.04. The van der Waals surface area contributed by atoms with Crippen molar-refractivity contribution in [3.8, 4) is 17.3 Å². The van der Waals surface area contributed by atoms with Gasteiger partial charge in [-0.3, -0.25) is 4.79 Å². The summed E-state index contributed by atoms with van der Waals surface area (Å²) in [6.07, 6.45) is 1.63. The molecule has 0 radical (unpaired) electrons. The maximum Gasteiger partial charge on any atom is 0.251 e. The van der Waals surface area contributed by atoms with E-state index in [9.17, 15) is 4.79 Å². The summed E-state index contributed by atoms with van der Waals surface area (Å²) < 4.78 is 15.7. The summed E-state index contributed by atoms with van der Waals surface area (Å²) in [5.41, 5.74) is 2.47. The van der Waals surface area contributed by atoms with Gasteiger partial charge in [0.25, 0.3) is 5.91 Å². The van der Waals surface area contributed by atoms with E-state index in [1.807, 2.05) is 6.07 Å². The molecule has 124 valence electrons. The number of nitrogens with zero attached hydrogens (tertiary/aromatic N) is 2. The number of carbonyl (C=O) groups excluding carboxylic acids is 1. The maximum absolute atomic E-state index is 12.1. The molecule has 24 heavy (non-hydrogen) atoms. The summed E-state index contributed by atoms with van der Waals surface area (Å²) in [7, 11) is 3.14. The quantitative estimate of drug-likeness (QED) is 0.699. The van der Waals surface area contributed by atoms with Gasteiger partial charge in [0, 0.05) is 31.5 Å². The average molecular weight is 327 g/mol. The monoisotopic (exact) mass is 327 g/mol. The molecular formula is C17H17N3O4. The molecule has 0 aliphatic heterocycles. The van der Waals surface area contributed by atoms with Crippen LogP contribution >= 0.6 is 0 Å². The zero-order valence-electron chi connectivity index (χ0n) is 13.4. The van der Waals surface area contributed by atoms with Gasteiger partial charge in [0.15, 0.2) is 5.58 Å². The van der Waals surface area contributed by atoms with Crippen molar-refractivity contribution in [3.05, 3.63) is 42.1 Å². The number of hydrogen-bond donors (Lipinski definition) is 1. The molecule has 7 heteroatoms. The van der Waals surface area contributed by atoms with E-state index < -0.39 is 0 Å². The van der Waals surface area contributed by atoms with Crippen LogP contribution in [0.5, 0.6) is 5.88 Å². The molecule has 0 aliphatic carbocycles. The molecule has 0 unspecified atom stereocenters. The Labute approximate surface area is 138 Å². The highest BCUT2D eigenvalue weighted by molar-refractivity contribution is 5.97. The van der Waals surface area contributed by atoms with Crippen molar-refractivity contribution < 1.29 is 18.7 Å². The molecule has 0 fully saturated rings. The van der Waals surface area contributed by atoms with Crippen molar-refractivity contribution in [2.75, 3.05) is 27.4 Å². The minimum atomic E-state index is -0.176. The van der Waals surface area contributed by atoms with Crippen LogP contribution in [-0.2, 0) is 4.74 Å². The normalized spacial score (nSPS) is 10.8. The third-order valence-electron chi connectivity index (χ3n) is 3.43. The van der Waals surface area contributed by atoms with Gasteiger partial charge in [-0.05, 0) is 24.3 Å². The van der Waals surface area contributed by atoms with Crippen molar-refractivity contribution in [2.24, 2.45) is 0 Å². The SMILES string of the molecule is COCCNC(=O)c1ccc2oc(-c3ccc(OC)nc3)nc2c1. The van der Waals surface area contributed by atoms with Gasteiger partial charge < -0.3 is 19.2 Å². The Bertz CT molecular complexity index is 843. The molecule has 1 aromatic carbocycles. The van der Waals surface area contributed by atoms with Crippen LogP contribution in [0.1, 0.15) is 10.4 Å². The van der Waals surface area contributed by atoms with Crippen LogP contribution in [0.15, 0.2) is 40.9 Å². The number of benzene rings is 1. The number of aromatic nitrogens is 2. The molecule has 3 aromatic rings. The fourth-order valence-electron chi connectivity index (χ4n) is 2.19. The topological polar surface area (TPSA) is 86.5 Å². The Morgan fingerprint density at radius 2 is 2.12 bits per heavy atom. The van der Waals surface area contributed by atoms with Crippen molar-refractivity contribution in [1.29, 1.82) is 0 Å². The molecular weight excluding hydrogens is 310 g/mol. The van der Waals surface area contributed by atoms with Crippen LogP contribution in [0.4, 0.5) is 0 Å². The Morgan fingerprint density at radius 3 is 2.83 bits per heavy atom. The molecule has 7 nitrogen and oxygen atoms in total. The molecule has 0 spiro atoms. The first-order valence-corrected chi connectivity index (χ1v) is 7.39. The van der Waals surface area contributed by atoms with Crippen molar-refractivity contribution in [1.82, 2.24) is 15.3 Å². The van der Waals surface area contributed by atoms with Gasteiger partial charge >= 0.3 is 0 Å². The largest absolute Gasteiger partial charge is 0.481 e. The molecule has 2 aromatic heterocycles. The minimum Gasteiger partial charge on any atom is -0.481 e. The molecule has 0 atom stereocenters. The molecule has 0 saturated carbocycles. The summed E-state index contributed by atoms with van der Waals surface area (Å²) in [6.45, 7) is 0.918. The van der Waals surface area contributed by atoms with Crippen LogP contribution in [0, 0.1) is 0 Å². The van der Waals surface area contributed by atoms with E-state index in [2.05, 4.69) is 15.3 Å². The van der Waals surface area contributed by atoms with E-state index in [1.54, 1.807) is 44.7 Å². The number of hydrogen-bond acceptors (Lipinski definition) is 6. The number of oxazole rings is 1. The van der Waals surface area contributed by atoms with Gasteiger partial charge in [0.05, 0.1) is 19.3 Å². The number of pyridine rings is 1. The maximum atomic E-state index is 12.1. The van der Waals surface area contributed by atoms with Gasteiger partial charge in [-0.15, -0.1) is 0 Å². The summed E-state index contributed by atoms with van der Waals surface area (Å²) in [4.78, 5) is 20.6. The Balaban J connectivity index is 1.84. The summed E-state index contributed by atoms with van der Waals surface area (Å²) in [5, 5.41) is 2.77.